The molecular weight excluding hydrogens is 86.1 g/mol. The van der Waals surface area contributed by atoms with Crippen molar-refractivity contribution in [3.8, 4) is 0 Å². The second-order valence-electron chi connectivity index (χ2n) is 1.77. The molecule has 0 aromatic rings. The van der Waals surface area contributed by atoms with Crippen LogP contribution in [0.4, 0.5) is 0 Å². The van der Waals surface area contributed by atoms with E-state index < -0.39 is 0 Å². The molecule has 0 radical (unpaired) electrons. The minimum Gasteiger partial charge on any atom is -0.320 e. The Bertz CT molecular complexity index is 20.6. The summed E-state index contributed by atoms with van der Waals surface area (Å²) in [6.45, 7) is 3.14. The number of rotatable bonds is 1. The molecule has 1 aliphatic rings. The van der Waals surface area contributed by atoms with Gasteiger partial charge in [0.1, 0.15) is 0 Å². The average Bonchev–Trinajstić information content (AvgIpc) is 2.47. The molecule has 0 bridgehead atoms. The van der Waals surface area contributed by atoms with E-state index in [-0.39, 0.29) is 0 Å². The first-order chi connectivity index (χ1) is 3.41. The Kier molecular flexibility index (Phi) is 5.93. The van der Waals surface area contributed by atoms with Crippen molar-refractivity contribution in [2.45, 2.75) is 26.2 Å². The molecular formula is C6H15N. The first-order valence-electron chi connectivity index (χ1n) is 3.06. The predicted octanol–water partition coefficient (Wildman–Crippen LogP) is 1.40. The molecule has 0 heterocycles. The standard InChI is InChI=1S/C3H9N.C3H6/c1-3-4-2;1-2-3-1/h4H,3H2,1-2H3;1-3H2. The van der Waals surface area contributed by atoms with Crippen molar-refractivity contribution in [2.75, 3.05) is 13.6 Å². The van der Waals surface area contributed by atoms with Crippen molar-refractivity contribution >= 4 is 0 Å². The maximum Gasteiger partial charge on any atom is -0.00804 e. The minimum absolute atomic E-state index is 1.07. The van der Waals surface area contributed by atoms with E-state index in [9.17, 15) is 0 Å². The third-order valence-electron chi connectivity index (χ3n) is 0.707. The summed E-state index contributed by atoms with van der Waals surface area (Å²) in [6.07, 6.45) is 4.50. The number of nitrogens with one attached hydrogen (secondary N) is 1. The first kappa shape index (κ1) is 6.96. The van der Waals surface area contributed by atoms with Crippen LogP contribution in [-0.4, -0.2) is 13.6 Å². The number of hydrogen-bond acceptors (Lipinski definition) is 1. The summed E-state index contributed by atoms with van der Waals surface area (Å²) in [6, 6.07) is 0. The van der Waals surface area contributed by atoms with Crippen LogP contribution >= 0.6 is 0 Å². The van der Waals surface area contributed by atoms with E-state index in [1.54, 1.807) is 0 Å². The maximum atomic E-state index is 2.93. The minimum atomic E-state index is 1.07. The Labute approximate surface area is 46.1 Å². The first-order valence-corrected chi connectivity index (χ1v) is 3.06. The molecule has 44 valence electrons. The highest BCUT2D eigenvalue weighted by Gasteiger charge is 1.95. The van der Waals surface area contributed by atoms with Gasteiger partial charge in [-0.1, -0.05) is 26.2 Å². The summed E-state index contributed by atoms with van der Waals surface area (Å²) in [7, 11) is 1.93. The van der Waals surface area contributed by atoms with E-state index in [1.165, 1.54) is 19.3 Å². The fraction of sp³-hybridized carbons (Fsp3) is 1.00. The van der Waals surface area contributed by atoms with E-state index in [1.807, 2.05) is 7.05 Å². The Morgan fingerprint density at radius 2 is 1.57 bits per heavy atom. The summed E-state index contributed by atoms with van der Waals surface area (Å²) in [5.41, 5.74) is 0. The summed E-state index contributed by atoms with van der Waals surface area (Å²) >= 11 is 0. The van der Waals surface area contributed by atoms with Crippen LogP contribution in [0.1, 0.15) is 26.2 Å². The predicted molar refractivity (Wildman–Crippen MR) is 33.5 cm³/mol. The van der Waals surface area contributed by atoms with E-state index in [0.29, 0.717) is 0 Å². The Hall–Kier alpha value is -0.0400. The SMILES string of the molecule is C1CC1.CCNC. The zero-order valence-electron chi connectivity index (χ0n) is 5.33. The zero-order chi connectivity index (χ0) is 5.54. The van der Waals surface area contributed by atoms with Gasteiger partial charge in [-0.25, -0.2) is 0 Å². The molecule has 0 atom stereocenters. The lowest BCUT2D eigenvalue weighted by Gasteiger charge is -1.76. The van der Waals surface area contributed by atoms with Gasteiger partial charge in [0, 0.05) is 0 Å². The zero-order valence-corrected chi connectivity index (χ0v) is 5.33. The van der Waals surface area contributed by atoms with Crippen LogP contribution in [0.3, 0.4) is 0 Å². The molecule has 1 aliphatic carbocycles. The van der Waals surface area contributed by atoms with Gasteiger partial charge in [0.05, 0.1) is 0 Å². The van der Waals surface area contributed by atoms with Crippen molar-refractivity contribution in [1.29, 1.82) is 0 Å². The van der Waals surface area contributed by atoms with Crippen LogP contribution < -0.4 is 5.32 Å². The van der Waals surface area contributed by atoms with Gasteiger partial charge in [-0.05, 0) is 13.6 Å². The molecule has 0 aromatic carbocycles. The molecule has 1 N–H and O–H groups in total. The van der Waals surface area contributed by atoms with E-state index in [2.05, 4.69) is 12.2 Å². The van der Waals surface area contributed by atoms with Gasteiger partial charge in [-0.15, -0.1) is 0 Å². The third kappa shape index (κ3) is 24.3. The molecule has 0 spiro atoms. The molecule has 0 unspecified atom stereocenters. The monoisotopic (exact) mass is 101 g/mol. The van der Waals surface area contributed by atoms with Gasteiger partial charge in [0.2, 0.25) is 0 Å². The van der Waals surface area contributed by atoms with E-state index >= 15 is 0 Å². The van der Waals surface area contributed by atoms with Gasteiger partial charge in [0.15, 0.2) is 0 Å². The largest absolute Gasteiger partial charge is 0.320 e. The molecule has 7 heavy (non-hydrogen) atoms. The summed E-state index contributed by atoms with van der Waals surface area (Å²) < 4.78 is 0. The molecule has 0 aliphatic heterocycles. The van der Waals surface area contributed by atoms with Crippen molar-refractivity contribution in [3.63, 3.8) is 0 Å². The van der Waals surface area contributed by atoms with E-state index in [4.69, 9.17) is 0 Å². The molecule has 0 saturated heterocycles. The van der Waals surface area contributed by atoms with Gasteiger partial charge in [-0.2, -0.15) is 0 Å². The fourth-order valence-electron chi connectivity index (χ4n) is 0. The fourth-order valence-corrected chi connectivity index (χ4v) is 0. The molecule has 1 heteroatoms. The van der Waals surface area contributed by atoms with Crippen molar-refractivity contribution in [2.24, 2.45) is 0 Å². The summed E-state index contributed by atoms with van der Waals surface area (Å²) in [5.74, 6) is 0. The molecule has 1 saturated carbocycles. The molecule has 1 rings (SSSR count). The lowest BCUT2D eigenvalue weighted by Crippen LogP contribution is -2.01. The van der Waals surface area contributed by atoms with Gasteiger partial charge in [-0.3, -0.25) is 0 Å². The van der Waals surface area contributed by atoms with Crippen LogP contribution in [0.5, 0.6) is 0 Å². The average molecular weight is 101 g/mol. The second kappa shape index (κ2) is 5.96. The number of hydrogen-bond donors (Lipinski definition) is 1. The lowest BCUT2D eigenvalue weighted by atomic mass is 10.8. The quantitative estimate of drug-likeness (QED) is 0.526. The smallest absolute Gasteiger partial charge is 0.00804 e. The normalized spacial score (nSPS) is 14.6. The highest BCUT2D eigenvalue weighted by atomic mass is 14.8. The molecule has 0 amide bonds. The van der Waals surface area contributed by atoms with Crippen LogP contribution in [0.15, 0.2) is 0 Å². The Morgan fingerprint density at radius 1 is 1.29 bits per heavy atom. The lowest BCUT2D eigenvalue weighted by molar-refractivity contribution is 0.864. The van der Waals surface area contributed by atoms with Gasteiger partial charge >= 0.3 is 0 Å². The van der Waals surface area contributed by atoms with Crippen LogP contribution in [-0.2, 0) is 0 Å². The van der Waals surface area contributed by atoms with Gasteiger partial charge < -0.3 is 5.32 Å². The molecule has 0 aromatic heterocycles. The van der Waals surface area contributed by atoms with Crippen LogP contribution in [0, 0.1) is 0 Å². The molecule has 1 nitrogen and oxygen atoms in total. The Morgan fingerprint density at radius 3 is 1.57 bits per heavy atom. The highest BCUT2D eigenvalue weighted by Crippen LogP contribution is 2.14. The molecule has 1 fully saturated rings. The van der Waals surface area contributed by atoms with E-state index in [0.717, 1.165) is 6.54 Å². The topological polar surface area (TPSA) is 12.0 Å². The summed E-state index contributed by atoms with van der Waals surface area (Å²) in [4.78, 5) is 0. The van der Waals surface area contributed by atoms with Crippen LogP contribution in [0.2, 0.25) is 0 Å². The van der Waals surface area contributed by atoms with Crippen molar-refractivity contribution in [3.05, 3.63) is 0 Å². The van der Waals surface area contributed by atoms with Gasteiger partial charge in [0.25, 0.3) is 0 Å². The van der Waals surface area contributed by atoms with Crippen molar-refractivity contribution in [1.82, 2.24) is 5.32 Å². The summed E-state index contributed by atoms with van der Waals surface area (Å²) in [5, 5.41) is 2.93. The van der Waals surface area contributed by atoms with Crippen LogP contribution in [0.25, 0.3) is 0 Å². The second-order valence-corrected chi connectivity index (χ2v) is 1.77. The van der Waals surface area contributed by atoms with Crippen molar-refractivity contribution < 1.29 is 0 Å². The third-order valence-corrected chi connectivity index (χ3v) is 0.707. The Balaban J connectivity index is 0.000000105. The maximum absolute atomic E-state index is 2.93. The highest BCUT2D eigenvalue weighted by molar-refractivity contribution is 4.50.